The summed E-state index contributed by atoms with van der Waals surface area (Å²) >= 11 is 4.03. The van der Waals surface area contributed by atoms with Crippen LogP contribution in [0, 0.1) is 0 Å². The predicted molar refractivity (Wildman–Crippen MR) is 72.2 cm³/mol. The number of hydrogen-bond acceptors (Lipinski definition) is 3. The van der Waals surface area contributed by atoms with Gasteiger partial charge in [0, 0.05) is 20.0 Å². The normalized spacial score (nSPS) is 10.2. The fourth-order valence-electron chi connectivity index (χ4n) is 1.38. The van der Waals surface area contributed by atoms with Crippen LogP contribution in [0.15, 0.2) is 30.3 Å². The van der Waals surface area contributed by atoms with E-state index in [-0.39, 0.29) is 5.91 Å². The first-order valence-corrected chi connectivity index (χ1v) is 6.33. The van der Waals surface area contributed by atoms with Crippen LogP contribution in [0.5, 0.6) is 0 Å². The quantitative estimate of drug-likeness (QED) is 0.595. The van der Waals surface area contributed by atoms with Crippen molar-refractivity contribution in [2.75, 3.05) is 26.0 Å². The molecular formula is C13H19NO2S. The first kappa shape index (κ1) is 14.1. The molecule has 0 spiro atoms. The lowest BCUT2D eigenvalue weighted by Crippen LogP contribution is -2.30. The Labute approximate surface area is 108 Å². The van der Waals surface area contributed by atoms with Crippen LogP contribution in [-0.2, 0) is 16.1 Å². The predicted octanol–water partition coefficient (Wildman–Crippen LogP) is 1.98. The number of hydrogen-bond donors (Lipinski definition) is 1. The average molecular weight is 253 g/mol. The van der Waals surface area contributed by atoms with E-state index in [0.717, 1.165) is 5.56 Å². The van der Waals surface area contributed by atoms with Crippen LogP contribution in [0.2, 0.25) is 0 Å². The zero-order chi connectivity index (χ0) is 12.5. The van der Waals surface area contributed by atoms with Gasteiger partial charge in [-0.2, -0.15) is 12.6 Å². The second kappa shape index (κ2) is 8.14. The zero-order valence-electron chi connectivity index (χ0n) is 10.1. The minimum Gasteiger partial charge on any atom is -0.375 e. The Morgan fingerprint density at radius 2 is 2.06 bits per heavy atom. The molecule has 0 saturated carbocycles. The lowest BCUT2D eigenvalue weighted by atomic mass is 10.2. The van der Waals surface area contributed by atoms with Crippen molar-refractivity contribution >= 4 is 18.5 Å². The van der Waals surface area contributed by atoms with Gasteiger partial charge in [0.2, 0.25) is 5.91 Å². The Hall–Kier alpha value is -1.000. The summed E-state index contributed by atoms with van der Waals surface area (Å²) in [6.45, 7) is 1.78. The SMILES string of the molecule is CN(CCOCc1ccccc1)C(=O)CCS. The first-order chi connectivity index (χ1) is 8.24. The van der Waals surface area contributed by atoms with Gasteiger partial charge in [-0.1, -0.05) is 30.3 Å². The van der Waals surface area contributed by atoms with Gasteiger partial charge in [0.05, 0.1) is 13.2 Å². The van der Waals surface area contributed by atoms with Crippen LogP contribution in [-0.4, -0.2) is 36.8 Å². The molecule has 0 bridgehead atoms. The Morgan fingerprint density at radius 3 is 2.71 bits per heavy atom. The molecule has 0 fully saturated rings. The highest BCUT2D eigenvalue weighted by Crippen LogP contribution is 2.00. The van der Waals surface area contributed by atoms with Crippen molar-refractivity contribution in [2.45, 2.75) is 13.0 Å². The van der Waals surface area contributed by atoms with Gasteiger partial charge in [-0.15, -0.1) is 0 Å². The highest BCUT2D eigenvalue weighted by atomic mass is 32.1. The van der Waals surface area contributed by atoms with Gasteiger partial charge >= 0.3 is 0 Å². The summed E-state index contributed by atoms with van der Waals surface area (Å²) in [4.78, 5) is 13.1. The highest BCUT2D eigenvalue weighted by molar-refractivity contribution is 7.80. The van der Waals surface area contributed by atoms with Crippen molar-refractivity contribution < 1.29 is 9.53 Å². The Balaban J connectivity index is 2.14. The van der Waals surface area contributed by atoms with Gasteiger partial charge in [-0.3, -0.25) is 4.79 Å². The molecule has 4 heteroatoms. The molecule has 0 atom stereocenters. The molecule has 0 aliphatic heterocycles. The third-order valence-corrected chi connectivity index (χ3v) is 2.66. The molecule has 0 aliphatic rings. The van der Waals surface area contributed by atoms with E-state index in [2.05, 4.69) is 12.6 Å². The van der Waals surface area contributed by atoms with Crippen LogP contribution < -0.4 is 0 Å². The van der Waals surface area contributed by atoms with E-state index < -0.39 is 0 Å². The van der Waals surface area contributed by atoms with E-state index in [9.17, 15) is 4.79 Å². The monoisotopic (exact) mass is 253 g/mol. The lowest BCUT2D eigenvalue weighted by molar-refractivity contribution is -0.130. The zero-order valence-corrected chi connectivity index (χ0v) is 11.0. The molecule has 17 heavy (non-hydrogen) atoms. The summed E-state index contributed by atoms with van der Waals surface area (Å²) in [5.74, 6) is 0.705. The maximum atomic E-state index is 11.4. The number of amides is 1. The minimum atomic E-state index is 0.114. The molecule has 94 valence electrons. The standard InChI is InChI=1S/C13H19NO2S/c1-14(13(15)7-10-17)8-9-16-11-12-5-3-2-4-6-12/h2-6,17H,7-11H2,1H3. The first-order valence-electron chi connectivity index (χ1n) is 5.70. The summed E-state index contributed by atoms with van der Waals surface area (Å²) in [5.41, 5.74) is 1.15. The summed E-state index contributed by atoms with van der Waals surface area (Å²) in [7, 11) is 1.79. The van der Waals surface area contributed by atoms with E-state index in [1.54, 1.807) is 11.9 Å². The van der Waals surface area contributed by atoms with E-state index >= 15 is 0 Å². The van der Waals surface area contributed by atoms with E-state index in [0.29, 0.717) is 31.9 Å². The number of nitrogens with zero attached hydrogens (tertiary/aromatic N) is 1. The summed E-state index contributed by atoms with van der Waals surface area (Å²) < 4.78 is 5.51. The average Bonchev–Trinajstić information content (AvgIpc) is 2.36. The maximum Gasteiger partial charge on any atom is 0.223 e. The number of benzene rings is 1. The molecule has 0 radical (unpaired) electrons. The van der Waals surface area contributed by atoms with E-state index in [4.69, 9.17) is 4.74 Å². The molecule has 1 amide bonds. The van der Waals surface area contributed by atoms with Crippen LogP contribution in [0.4, 0.5) is 0 Å². The van der Waals surface area contributed by atoms with Crippen molar-refractivity contribution in [2.24, 2.45) is 0 Å². The molecule has 0 saturated heterocycles. The molecule has 0 unspecified atom stereocenters. The smallest absolute Gasteiger partial charge is 0.223 e. The van der Waals surface area contributed by atoms with Crippen molar-refractivity contribution in [1.82, 2.24) is 4.90 Å². The lowest BCUT2D eigenvalue weighted by Gasteiger charge is -2.16. The Morgan fingerprint density at radius 1 is 1.35 bits per heavy atom. The molecule has 1 aromatic rings. The third kappa shape index (κ3) is 5.75. The van der Waals surface area contributed by atoms with Crippen LogP contribution in [0.25, 0.3) is 0 Å². The second-order valence-electron chi connectivity index (χ2n) is 3.83. The molecule has 1 rings (SSSR count). The van der Waals surface area contributed by atoms with Crippen molar-refractivity contribution in [3.63, 3.8) is 0 Å². The van der Waals surface area contributed by atoms with Crippen molar-refractivity contribution in [3.05, 3.63) is 35.9 Å². The van der Waals surface area contributed by atoms with Crippen molar-refractivity contribution in [3.8, 4) is 0 Å². The largest absolute Gasteiger partial charge is 0.375 e. The fraction of sp³-hybridized carbons (Fsp3) is 0.462. The van der Waals surface area contributed by atoms with Crippen LogP contribution in [0.3, 0.4) is 0 Å². The molecule has 1 aromatic carbocycles. The van der Waals surface area contributed by atoms with Crippen LogP contribution in [0.1, 0.15) is 12.0 Å². The Bertz CT molecular complexity index is 329. The van der Waals surface area contributed by atoms with Gasteiger partial charge in [-0.05, 0) is 11.3 Å². The molecule has 3 nitrogen and oxygen atoms in total. The second-order valence-corrected chi connectivity index (χ2v) is 4.27. The Kier molecular flexibility index (Phi) is 6.74. The topological polar surface area (TPSA) is 29.5 Å². The van der Waals surface area contributed by atoms with Gasteiger partial charge in [0.25, 0.3) is 0 Å². The number of likely N-dealkylation sites (N-methyl/N-ethyl adjacent to an activating group) is 1. The highest BCUT2D eigenvalue weighted by Gasteiger charge is 2.06. The number of carbonyl (C=O) groups excluding carboxylic acids is 1. The number of carbonyl (C=O) groups is 1. The van der Waals surface area contributed by atoms with Crippen molar-refractivity contribution in [1.29, 1.82) is 0 Å². The molecular weight excluding hydrogens is 234 g/mol. The fourth-order valence-corrected chi connectivity index (χ4v) is 1.57. The number of thiol groups is 1. The van der Waals surface area contributed by atoms with Gasteiger partial charge < -0.3 is 9.64 Å². The molecule has 0 aliphatic carbocycles. The molecule has 0 aromatic heterocycles. The summed E-state index contributed by atoms with van der Waals surface area (Å²) in [5, 5.41) is 0. The van der Waals surface area contributed by atoms with E-state index in [1.165, 1.54) is 0 Å². The van der Waals surface area contributed by atoms with Gasteiger partial charge in [-0.25, -0.2) is 0 Å². The minimum absolute atomic E-state index is 0.114. The third-order valence-electron chi connectivity index (χ3n) is 2.43. The van der Waals surface area contributed by atoms with Gasteiger partial charge in [0.15, 0.2) is 0 Å². The van der Waals surface area contributed by atoms with Gasteiger partial charge in [0.1, 0.15) is 0 Å². The van der Waals surface area contributed by atoms with E-state index in [1.807, 2.05) is 30.3 Å². The number of rotatable bonds is 7. The summed E-state index contributed by atoms with van der Waals surface area (Å²) in [6, 6.07) is 10.0. The molecule has 0 heterocycles. The number of ether oxygens (including phenoxy) is 1. The summed E-state index contributed by atoms with van der Waals surface area (Å²) in [6.07, 6.45) is 0.484. The van der Waals surface area contributed by atoms with Crippen LogP contribution >= 0.6 is 12.6 Å². The maximum absolute atomic E-state index is 11.4. The molecule has 0 N–H and O–H groups in total.